The van der Waals surface area contributed by atoms with E-state index in [2.05, 4.69) is 8.37 Å². The van der Waals surface area contributed by atoms with E-state index in [-0.39, 0.29) is 248 Å². The maximum absolute atomic E-state index is 11.6. The van der Waals surface area contributed by atoms with Gasteiger partial charge in [-0.25, -0.2) is 0 Å². The molecule has 26 heteroatoms. The second-order valence-corrected chi connectivity index (χ2v) is 8.69. The van der Waals surface area contributed by atoms with Gasteiger partial charge in [-0.1, -0.05) is 0 Å². The molecule has 0 spiro atoms. The maximum Gasteiger partial charge on any atom is 1.00 e. The molecule has 0 aromatic heterocycles. The van der Waals surface area contributed by atoms with Gasteiger partial charge in [0.1, 0.15) is 0 Å². The Morgan fingerprint density at radius 1 is 0.526 bits per heavy atom. The van der Waals surface area contributed by atoms with Crippen LogP contribution in [0.1, 0.15) is 37.1 Å². The predicted octanol–water partition coefficient (Wildman–Crippen LogP) is -25.7. The van der Waals surface area contributed by atoms with Crippen LogP contribution < -0.4 is 236 Å². The van der Waals surface area contributed by atoms with Crippen molar-refractivity contribution in [2.75, 3.05) is 0 Å². The molecule has 0 saturated carbocycles. The van der Waals surface area contributed by atoms with Crippen LogP contribution in [-0.2, 0) is 57.4 Å². The van der Waals surface area contributed by atoms with Gasteiger partial charge in [0, 0.05) is 0 Å². The summed E-state index contributed by atoms with van der Waals surface area (Å²) in [5.41, 5.74) is 0. The zero-order valence-corrected chi connectivity index (χ0v) is 40.1. The number of carbonyl (C=O) groups excluding carboxylic acids is 2. The largest absolute Gasteiger partial charge is 1.00 e. The van der Waals surface area contributed by atoms with E-state index in [1.54, 1.807) is 0 Å². The predicted molar refractivity (Wildman–Crippen MR) is 95.5 cm³/mol. The summed E-state index contributed by atoms with van der Waals surface area (Å²) in [7, 11) is -10.6. The minimum atomic E-state index is -5.28. The first-order valence-electron chi connectivity index (χ1n) is 7.31. The number of aliphatic carboxylic acids is 4. The molecule has 0 aliphatic carbocycles. The van der Waals surface area contributed by atoms with Crippen LogP contribution >= 0.6 is 0 Å². The Balaban J connectivity index is -0.0000000350. The molecule has 2 atom stereocenters. The van der Waals surface area contributed by atoms with Gasteiger partial charge in [-0.15, -0.1) is 0 Å². The Labute approximate surface area is 406 Å². The average Bonchev–Trinajstić information content (AvgIpc) is 2.53. The molecule has 0 amide bonds. The van der Waals surface area contributed by atoms with Crippen molar-refractivity contribution in [3.63, 3.8) is 0 Å². The Morgan fingerprint density at radius 2 is 0.737 bits per heavy atom. The fraction of sp³-hybridized carbons (Fsp3) is 0.500. The van der Waals surface area contributed by atoms with Gasteiger partial charge in [0.05, 0.1) is 25.7 Å². The van der Waals surface area contributed by atoms with Gasteiger partial charge in [-0.2, -0.15) is 16.8 Å². The SMILES string of the molecule is O=C(O)CC(C(=O)O)S(=O)(=O)OC(=O)CCC(=O)OS(=O)(=O)C(CC(=O)O)C(=O)O.[H-].[H-].[H-].[H-].[H-].[H-].[H-].[H-].[Na+].[Na+].[Na+].[Na+].[Na+].[Na+].[Na+].[Na+]. The van der Waals surface area contributed by atoms with Gasteiger partial charge < -0.3 is 40.2 Å². The summed E-state index contributed by atoms with van der Waals surface area (Å²) < 4.78 is 54.2. The Kier molecular flexibility index (Phi) is 54.5. The second-order valence-electron chi connectivity index (χ2n) is 5.25. The molecule has 0 aromatic rings. The van der Waals surface area contributed by atoms with Crippen molar-refractivity contribution in [2.24, 2.45) is 0 Å². The van der Waals surface area contributed by atoms with Crippen molar-refractivity contribution in [1.29, 1.82) is 0 Å². The topological polar surface area (TPSA) is 270 Å². The zero-order chi connectivity index (χ0) is 23.9. The van der Waals surface area contributed by atoms with Crippen LogP contribution in [0.15, 0.2) is 0 Å². The summed E-state index contributed by atoms with van der Waals surface area (Å²) >= 11 is 0. The van der Waals surface area contributed by atoms with Gasteiger partial charge in [-0.3, -0.25) is 28.8 Å². The van der Waals surface area contributed by atoms with Crippen molar-refractivity contribution < 1.29 is 322 Å². The van der Waals surface area contributed by atoms with Crippen LogP contribution in [0.25, 0.3) is 0 Å². The van der Waals surface area contributed by atoms with E-state index in [9.17, 15) is 45.6 Å². The summed E-state index contributed by atoms with van der Waals surface area (Å²) in [6.07, 6.45) is -5.29. The van der Waals surface area contributed by atoms with Crippen LogP contribution in [-0.4, -0.2) is 83.6 Å². The number of carboxylic acid groups (broad SMARTS) is 4. The number of rotatable bonds is 13. The summed E-state index contributed by atoms with van der Waals surface area (Å²) in [5, 5.41) is 29.1. The molecule has 0 fully saturated rings. The van der Waals surface area contributed by atoms with Crippen molar-refractivity contribution in [1.82, 2.24) is 0 Å². The van der Waals surface area contributed by atoms with Gasteiger partial charge >= 0.3 is 293 Å². The molecular weight excluding hydrogens is 648 g/mol. The van der Waals surface area contributed by atoms with Crippen LogP contribution in [0, 0.1) is 0 Å². The quantitative estimate of drug-likeness (QED) is 0.105. The maximum atomic E-state index is 11.6. The fourth-order valence-electron chi connectivity index (χ4n) is 1.61. The van der Waals surface area contributed by atoms with Crippen molar-refractivity contribution in [3.05, 3.63) is 0 Å². The van der Waals surface area contributed by atoms with Gasteiger partial charge in [0.2, 0.25) is 10.5 Å². The molecule has 38 heavy (non-hydrogen) atoms. The molecule has 0 aromatic carbocycles. The van der Waals surface area contributed by atoms with E-state index in [0.717, 1.165) is 0 Å². The molecule has 16 nitrogen and oxygen atoms in total. The van der Waals surface area contributed by atoms with Gasteiger partial charge in [-0.05, 0) is 0 Å². The molecule has 0 saturated heterocycles. The molecule has 0 rings (SSSR count). The summed E-state index contributed by atoms with van der Waals surface area (Å²) in [6, 6.07) is 0. The summed E-state index contributed by atoms with van der Waals surface area (Å²) in [5.74, 6) is -11.5. The molecular formula is C12H22Na8O16S2. The molecule has 4 N–H and O–H groups in total. The molecule has 2 unspecified atom stereocenters. The standard InChI is InChI=1S/C12H14O16S2.8Na.8H/c13-7(14)3-5(11(19)20)29(23,24)27-9(17)1-2-10(18)28-30(25,26)6(12(21)22)4-8(15)16;;;;;;;;;;;;;;;;/h5-6H,1-4H2,(H,13,14)(H,15,16)(H,19,20)(H,21,22);;;;;;;;;;;;;;;;/q;8*+1;8*-1. The van der Waals surface area contributed by atoms with Crippen LogP contribution in [0.4, 0.5) is 0 Å². The molecule has 0 bridgehead atoms. The van der Waals surface area contributed by atoms with Crippen LogP contribution in [0.5, 0.6) is 0 Å². The third kappa shape index (κ3) is 28.2. The Morgan fingerprint density at radius 3 is 0.895 bits per heavy atom. The van der Waals surface area contributed by atoms with E-state index in [0.29, 0.717) is 0 Å². The van der Waals surface area contributed by atoms with E-state index in [1.165, 1.54) is 0 Å². The third-order valence-electron chi connectivity index (χ3n) is 2.92. The summed E-state index contributed by atoms with van der Waals surface area (Å²) in [6.45, 7) is 0. The first-order valence-corrected chi connectivity index (χ1v) is 10.2. The van der Waals surface area contributed by atoms with Gasteiger partial charge in [0.25, 0.3) is 0 Å². The van der Waals surface area contributed by atoms with Crippen LogP contribution in [0.2, 0.25) is 0 Å². The molecule has 186 valence electrons. The normalized spacial score (nSPS) is 10.6. The monoisotopic (exact) mass is 670 g/mol. The minimum Gasteiger partial charge on any atom is -1.00 e. The smallest absolute Gasteiger partial charge is 1.00 e. The molecule has 0 aliphatic heterocycles. The number of hydrogen-bond acceptors (Lipinski definition) is 12. The molecule has 0 aliphatic rings. The van der Waals surface area contributed by atoms with Crippen molar-refractivity contribution in [2.45, 2.75) is 36.2 Å². The first kappa shape index (κ1) is 65.4. The van der Waals surface area contributed by atoms with E-state index in [1.807, 2.05) is 0 Å². The average molecular weight is 670 g/mol. The van der Waals surface area contributed by atoms with E-state index >= 15 is 0 Å². The number of hydrogen-bond donors (Lipinski definition) is 4. The zero-order valence-electron chi connectivity index (χ0n) is 30.5. The van der Waals surface area contributed by atoms with E-state index < -0.39 is 92.2 Å². The Bertz CT molecular complexity index is 924. The van der Waals surface area contributed by atoms with Crippen molar-refractivity contribution >= 4 is 56.1 Å². The summed E-state index contributed by atoms with van der Waals surface area (Å²) in [4.78, 5) is 65.5. The van der Waals surface area contributed by atoms with Crippen LogP contribution in [0.3, 0.4) is 0 Å². The minimum absolute atomic E-state index is 0. The fourth-order valence-corrected chi connectivity index (χ4v) is 3.71. The number of carboxylic acids is 4. The van der Waals surface area contributed by atoms with E-state index in [4.69, 9.17) is 20.4 Å². The van der Waals surface area contributed by atoms with Crippen molar-refractivity contribution in [3.8, 4) is 0 Å². The molecule has 0 heterocycles. The van der Waals surface area contributed by atoms with Gasteiger partial charge in [0.15, 0.2) is 0 Å². The number of carbonyl (C=O) groups is 6. The second kappa shape index (κ2) is 31.7. The molecule has 0 radical (unpaired) electrons. The first-order chi connectivity index (χ1) is 13.5. The Hall–Kier alpha value is 4.72. The third-order valence-corrected chi connectivity index (χ3v) is 5.89.